The monoisotopic (exact) mass is 487 g/mol. The van der Waals surface area contributed by atoms with E-state index in [1.165, 1.54) is 23.9 Å². The van der Waals surface area contributed by atoms with Gasteiger partial charge in [-0.1, -0.05) is 51.6 Å². The van der Waals surface area contributed by atoms with Crippen molar-refractivity contribution in [2.24, 2.45) is 10.5 Å². The Kier molecular flexibility index (Phi) is 8.19. The van der Waals surface area contributed by atoms with Gasteiger partial charge in [0.1, 0.15) is 0 Å². The normalized spacial score (nSPS) is 16.2. The van der Waals surface area contributed by atoms with Crippen molar-refractivity contribution in [2.45, 2.75) is 45.9 Å². The van der Waals surface area contributed by atoms with Gasteiger partial charge in [0, 0.05) is 16.7 Å². The van der Waals surface area contributed by atoms with E-state index in [-0.39, 0.29) is 16.4 Å². The maximum Gasteiger partial charge on any atom is 0.302 e. The first kappa shape index (κ1) is 25.6. The number of amides is 2. The number of hydrogen-bond acceptors (Lipinski definition) is 6. The van der Waals surface area contributed by atoms with Crippen molar-refractivity contribution in [3.63, 3.8) is 0 Å². The van der Waals surface area contributed by atoms with Crippen molar-refractivity contribution in [3.05, 3.63) is 53.6 Å². The first-order valence-corrected chi connectivity index (χ1v) is 11.9. The molecule has 1 heterocycles. The number of benzene rings is 2. The van der Waals surface area contributed by atoms with Crippen molar-refractivity contribution in [3.8, 4) is 11.5 Å². The van der Waals surface area contributed by atoms with E-state index >= 15 is 0 Å². The fraction of sp³-hybridized carbons (Fsp3) is 0.400. The standard InChI is InChI=1S/C25H30FN3O4S/c1-6-21-22(17-9-12-19(33-15-26)20(13-17)32-5)28-29(24(31)34-21)14-16-7-10-18(11-8-16)27-23(30)25(2,3)4/h7-13,21H,6,14-15H2,1-5H3,(H,27,30). The van der Waals surface area contributed by atoms with Crippen LogP contribution < -0.4 is 14.8 Å². The van der Waals surface area contributed by atoms with E-state index in [0.29, 0.717) is 23.7 Å². The predicted octanol–water partition coefficient (Wildman–Crippen LogP) is 5.84. The second kappa shape index (κ2) is 10.9. The molecule has 1 unspecified atom stereocenters. The number of thioether (sulfide) groups is 1. The molecule has 2 amide bonds. The third-order valence-corrected chi connectivity index (χ3v) is 6.51. The Balaban J connectivity index is 1.83. The molecule has 1 N–H and O–H groups in total. The van der Waals surface area contributed by atoms with Crippen LogP contribution in [0, 0.1) is 5.41 Å². The molecule has 1 aliphatic rings. The van der Waals surface area contributed by atoms with Crippen molar-refractivity contribution in [1.82, 2.24) is 5.01 Å². The molecule has 0 saturated heterocycles. The van der Waals surface area contributed by atoms with E-state index in [9.17, 15) is 14.0 Å². The molecular weight excluding hydrogens is 457 g/mol. The summed E-state index contributed by atoms with van der Waals surface area (Å²) in [5, 5.41) is 8.75. The highest BCUT2D eigenvalue weighted by Crippen LogP contribution is 2.34. The van der Waals surface area contributed by atoms with E-state index in [2.05, 4.69) is 10.4 Å². The largest absolute Gasteiger partial charge is 0.493 e. The Hall–Kier alpha value is -3.07. The molecule has 1 atom stereocenters. The molecule has 0 radical (unpaired) electrons. The highest BCUT2D eigenvalue weighted by Gasteiger charge is 2.30. The van der Waals surface area contributed by atoms with Gasteiger partial charge in [0.2, 0.25) is 12.8 Å². The van der Waals surface area contributed by atoms with E-state index in [1.54, 1.807) is 18.2 Å². The zero-order chi connectivity index (χ0) is 24.9. The molecular formula is C25H30FN3O4S. The Morgan fingerprint density at radius 1 is 1.18 bits per heavy atom. The average Bonchev–Trinajstić information content (AvgIpc) is 2.81. The summed E-state index contributed by atoms with van der Waals surface area (Å²) in [7, 11) is 1.49. The smallest absolute Gasteiger partial charge is 0.302 e. The zero-order valence-corrected chi connectivity index (χ0v) is 20.9. The van der Waals surface area contributed by atoms with E-state index in [1.807, 2.05) is 52.0 Å². The van der Waals surface area contributed by atoms with Crippen LogP contribution in [0.3, 0.4) is 0 Å². The number of anilines is 1. The molecule has 0 fully saturated rings. The second-order valence-corrected chi connectivity index (χ2v) is 10.00. The van der Waals surface area contributed by atoms with Crippen molar-refractivity contribution < 1.29 is 23.5 Å². The van der Waals surface area contributed by atoms with Gasteiger partial charge in [-0.05, 0) is 42.3 Å². The van der Waals surface area contributed by atoms with Crippen LogP contribution >= 0.6 is 11.8 Å². The van der Waals surface area contributed by atoms with Crippen LogP contribution in [0.1, 0.15) is 45.2 Å². The summed E-state index contributed by atoms with van der Waals surface area (Å²) in [6, 6.07) is 12.5. The average molecular weight is 488 g/mol. The molecule has 9 heteroatoms. The number of halogens is 1. The lowest BCUT2D eigenvalue weighted by molar-refractivity contribution is -0.123. The van der Waals surface area contributed by atoms with Crippen molar-refractivity contribution in [2.75, 3.05) is 19.3 Å². The topological polar surface area (TPSA) is 80.2 Å². The minimum atomic E-state index is -0.953. The molecule has 2 aromatic rings. The van der Waals surface area contributed by atoms with Crippen LogP contribution in [-0.2, 0) is 11.3 Å². The first-order chi connectivity index (χ1) is 16.2. The van der Waals surface area contributed by atoms with Crippen LogP contribution in [-0.4, -0.2) is 41.1 Å². The number of nitrogens with one attached hydrogen (secondary N) is 1. The second-order valence-electron chi connectivity index (χ2n) is 8.84. The van der Waals surface area contributed by atoms with Gasteiger partial charge >= 0.3 is 5.24 Å². The minimum Gasteiger partial charge on any atom is -0.493 e. The Morgan fingerprint density at radius 2 is 1.88 bits per heavy atom. The highest BCUT2D eigenvalue weighted by molar-refractivity contribution is 8.14. The number of hydrazone groups is 1. The number of hydrogen-bond donors (Lipinski definition) is 1. The van der Waals surface area contributed by atoms with Crippen molar-refractivity contribution >= 4 is 34.3 Å². The molecule has 1 aliphatic heterocycles. The van der Waals surface area contributed by atoms with E-state index in [0.717, 1.165) is 23.3 Å². The number of rotatable bonds is 8. The fourth-order valence-electron chi connectivity index (χ4n) is 3.28. The summed E-state index contributed by atoms with van der Waals surface area (Å²) in [5.41, 5.74) is 2.60. The molecule has 0 aromatic heterocycles. The van der Waals surface area contributed by atoms with Crippen LogP contribution in [0.15, 0.2) is 47.6 Å². The molecule has 0 aliphatic carbocycles. The molecule has 3 rings (SSSR count). The van der Waals surface area contributed by atoms with Gasteiger partial charge in [-0.15, -0.1) is 0 Å². The SMILES string of the molecule is CCC1SC(=O)N(Cc2ccc(NC(=O)C(C)(C)C)cc2)N=C1c1ccc(OCF)c(OC)c1. The molecule has 7 nitrogen and oxygen atoms in total. The third kappa shape index (κ3) is 6.08. The van der Waals surface area contributed by atoms with Gasteiger partial charge in [0.05, 0.1) is 24.6 Å². The summed E-state index contributed by atoms with van der Waals surface area (Å²) >= 11 is 1.23. The summed E-state index contributed by atoms with van der Waals surface area (Å²) < 4.78 is 22.9. The maximum absolute atomic E-state index is 12.8. The minimum absolute atomic E-state index is 0.0685. The van der Waals surface area contributed by atoms with Gasteiger partial charge < -0.3 is 14.8 Å². The summed E-state index contributed by atoms with van der Waals surface area (Å²) in [5.74, 6) is 0.632. The Labute approximate surface area is 203 Å². The van der Waals surface area contributed by atoms with Crippen LogP contribution in [0.2, 0.25) is 0 Å². The number of carbonyl (C=O) groups is 2. The predicted molar refractivity (Wildman–Crippen MR) is 133 cm³/mol. The fourth-order valence-corrected chi connectivity index (χ4v) is 4.22. The zero-order valence-electron chi connectivity index (χ0n) is 20.1. The summed E-state index contributed by atoms with van der Waals surface area (Å²) in [6.45, 7) is 6.90. The van der Waals surface area contributed by atoms with Gasteiger partial charge in [-0.25, -0.2) is 9.40 Å². The molecule has 0 spiro atoms. The third-order valence-electron chi connectivity index (χ3n) is 5.25. The van der Waals surface area contributed by atoms with Gasteiger partial charge in [0.15, 0.2) is 11.5 Å². The van der Waals surface area contributed by atoms with E-state index < -0.39 is 12.3 Å². The maximum atomic E-state index is 12.8. The lowest BCUT2D eigenvalue weighted by atomic mass is 9.95. The Bertz CT molecular complexity index is 1070. The van der Waals surface area contributed by atoms with Gasteiger partial charge in [-0.3, -0.25) is 9.59 Å². The number of alkyl halides is 1. The number of nitrogens with zero attached hydrogens (tertiary/aromatic N) is 2. The van der Waals surface area contributed by atoms with Gasteiger partial charge in [-0.2, -0.15) is 5.10 Å². The van der Waals surface area contributed by atoms with Crippen LogP contribution in [0.5, 0.6) is 11.5 Å². The lowest BCUT2D eigenvalue weighted by Crippen LogP contribution is -2.34. The first-order valence-electron chi connectivity index (χ1n) is 11.0. The summed E-state index contributed by atoms with van der Waals surface area (Å²) in [6.07, 6.45) is 0.719. The molecule has 2 aromatic carbocycles. The highest BCUT2D eigenvalue weighted by atomic mass is 32.2. The van der Waals surface area contributed by atoms with Crippen molar-refractivity contribution in [1.29, 1.82) is 0 Å². The number of methoxy groups -OCH3 is 1. The van der Waals surface area contributed by atoms with Crippen LogP contribution in [0.25, 0.3) is 0 Å². The van der Waals surface area contributed by atoms with Gasteiger partial charge in [0.25, 0.3) is 0 Å². The number of carbonyl (C=O) groups excluding carboxylic acids is 2. The lowest BCUT2D eigenvalue weighted by Gasteiger charge is -2.28. The molecule has 34 heavy (non-hydrogen) atoms. The molecule has 182 valence electrons. The molecule has 0 bridgehead atoms. The Morgan fingerprint density at radius 3 is 2.47 bits per heavy atom. The quantitative estimate of drug-likeness (QED) is 0.506. The van der Waals surface area contributed by atoms with Crippen LogP contribution in [0.4, 0.5) is 14.9 Å². The molecule has 0 saturated carbocycles. The number of ether oxygens (including phenoxy) is 2. The van der Waals surface area contributed by atoms with E-state index in [4.69, 9.17) is 9.47 Å². The summed E-state index contributed by atoms with van der Waals surface area (Å²) in [4.78, 5) is 25.0.